The fourth-order valence-electron chi connectivity index (χ4n) is 1.33. The minimum Gasteiger partial charge on any atom is -0.478 e. The van der Waals surface area contributed by atoms with Crippen molar-refractivity contribution >= 4 is 50.0 Å². The van der Waals surface area contributed by atoms with Gasteiger partial charge in [0.05, 0.1) is 8.45 Å². The molecule has 2 rings (SSSR count). The van der Waals surface area contributed by atoms with Gasteiger partial charge in [-0.05, 0) is 52.6 Å². The van der Waals surface area contributed by atoms with Gasteiger partial charge in [-0.15, -0.1) is 11.3 Å². The lowest BCUT2D eigenvalue weighted by Crippen LogP contribution is -1.94. The van der Waals surface area contributed by atoms with E-state index in [0.717, 1.165) is 10.1 Å². The predicted octanol–water partition coefficient (Wildman–Crippen LogP) is 3.51. The molecule has 1 N–H and O–H groups in total. The molecule has 0 saturated heterocycles. The summed E-state index contributed by atoms with van der Waals surface area (Å²) in [6.07, 6.45) is 0. The average molecular weight is 318 g/mol. The van der Waals surface area contributed by atoms with Crippen LogP contribution >= 0.6 is 33.9 Å². The van der Waals surface area contributed by atoms with E-state index >= 15 is 0 Å². The molecule has 0 radical (unpaired) electrons. The Labute approximate surface area is 98.7 Å². The second-order valence-electron chi connectivity index (χ2n) is 3.02. The highest BCUT2D eigenvalue weighted by Gasteiger charge is 2.09. The minimum atomic E-state index is -0.868. The number of fused-ring (bicyclic) bond motifs is 1. The predicted molar refractivity (Wildman–Crippen MR) is 66.2 cm³/mol. The van der Waals surface area contributed by atoms with Crippen LogP contribution in [0.2, 0.25) is 0 Å². The number of hydrogen-bond donors (Lipinski definition) is 1. The maximum atomic E-state index is 10.7. The molecule has 0 spiro atoms. The van der Waals surface area contributed by atoms with Gasteiger partial charge in [0.25, 0.3) is 0 Å². The SMILES string of the molecule is Cc1c(I)sc2cc(C(=O)O)ccc12. The molecule has 0 aliphatic rings. The smallest absolute Gasteiger partial charge is 0.335 e. The molecular weight excluding hydrogens is 311 g/mol. The number of aromatic carboxylic acids is 1. The normalized spacial score (nSPS) is 10.7. The molecule has 0 fully saturated rings. The number of carboxylic acids is 1. The lowest BCUT2D eigenvalue weighted by Gasteiger charge is -1.94. The standard InChI is InChI=1S/C10H7IO2S/c1-5-7-3-2-6(10(12)13)4-8(7)14-9(5)11/h2-4H,1H3,(H,12,13). The maximum absolute atomic E-state index is 10.7. The van der Waals surface area contributed by atoms with Crippen molar-refractivity contribution in [3.05, 3.63) is 32.2 Å². The van der Waals surface area contributed by atoms with Crippen LogP contribution in [-0.4, -0.2) is 11.1 Å². The topological polar surface area (TPSA) is 37.3 Å². The molecule has 0 saturated carbocycles. The van der Waals surface area contributed by atoms with Crippen molar-refractivity contribution in [3.8, 4) is 0 Å². The van der Waals surface area contributed by atoms with Gasteiger partial charge in [-0.25, -0.2) is 4.79 Å². The first kappa shape index (κ1) is 9.92. The van der Waals surface area contributed by atoms with Gasteiger partial charge in [0, 0.05) is 4.70 Å². The molecule has 1 heterocycles. The fraction of sp³-hybridized carbons (Fsp3) is 0.100. The van der Waals surface area contributed by atoms with E-state index in [1.165, 1.54) is 8.45 Å². The summed E-state index contributed by atoms with van der Waals surface area (Å²) in [5, 5.41) is 9.98. The highest BCUT2D eigenvalue weighted by atomic mass is 127. The minimum absolute atomic E-state index is 0.357. The summed E-state index contributed by atoms with van der Waals surface area (Å²) >= 11 is 3.91. The van der Waals surface area contributed by atoms with Gasteiger partial charge in [-0.1, -0.05) is 6.07 Å². The molecule has 2 aromatic rings. The lowest BCUT2D eigenvalue weighted by molar-refractivity contribution is 0.0697. The summed E-state index contributed by atoms with van der Waals surface area (Å²) in [5.74, 6) is -0.868. The van der Waals surface area contributed by atoms with E-state index in [1.807, 2.05) is 6.07 Å². The van der Waals surface area contributed by atoms with Crippen LogP contribution in [-0.2, 0) is 0 Å². The molecular formula is C10H7IO2S. The number of carboxylic acid groups (broad SMARTS) is 1. The monoisotopic (exact) mass is 318 g/mol. The summed E-state index contributed by atoms with van der Waals surface area (Å²) in [6, 6.07) is 5.27. The first-order chi connectivity index (χ1) is 6.59. The van der Waals surface area contributed by atoms with E-state index in [4.69, 9.17) is 5.11 Å². The zero-order valence-corrected chi connectivity index (χ0v) is 10.3. The van der Waals surface area contributed by atoms with E-state index in [0.29, 0.717) is 5.56 Å². The largest absolute Gasteiger partial charge is 0.478 e. The third-order valence-electron chi connectivity index (χ3n) is 2.13. The van der Waals surface area contributed by atoms with E-state index in [1.54, 1.807) is 23.5 Å². The Morgan fingerprint density at radius 2 is 2.21 bits per heavy atom. The molecule has 1 aromatic heterocycles. The van der Waals surface area contributed by atoms with Gasteiger partial charge in [0.15, 0.2) is 0 Å². The summed E-state index contributed by atoms with van der Waals surface area (Å²) in [5.41, 5.74) is 1.60. The Balaban J connectivity index is 2.73. The van der Waals surface area contributed by atoms with E-state index < -0.39 is 5.97 Å². The highest BCUT2D eigenvalue weighted by Crippen LogP contribution is 2.32. The van der Waals surface area contributed by atoms with Crippen LogP contribution in [0.15, 0.2) is 18.2 Å². The third kappa shape index (κ3) is 1.52. The summed E-state index contributed by atoms with van der Waals surface area (Å²) in [4.78, 5) is 10.7. The number of hydrogen-bond acceptors (Lipinski definition) is 2. The van der Waals surface area contributed by atoms with Crippen molar-refractivity contribution in [2.75, 3.05) is 0 Å². The van der Waals surface area contributed by atoms with Gasteiger partial charge >= 0.3 is 5.97 Å². The van der Waals surface area contributed by atoms with Gasteiger partial charge in [0.2, 0.25) is 0 Å². The Morgan fingerprint density at radius 3 is 2.86 bits per heavy atom. The fourth-order valence-corrected chi connectivity index (χ4v) is 3.30. The van der Waals surface area contributed by atoms with Crippen molar-refractivity contribution in [2.45, 2.75) is 6.92 Å². The molecule has 2 nitrogen and oxygen atoms in total. The molecule has 72 valence electrons. The van der Waals surface area contributed by atoms with Gasteiger partial charge in [-0.2, -0.15) is 0 Å². The highest BCUT2D eigenvalue weighted by molar-refractivity contribution is 14.1. The Hall–Kier alpha value is -0.620. The van der Waals surface area contributed by atoms with E-state index in [-0.39, 0.29) is 0 Å². The van der Waals surface area contributed by atoms with Crippen LogP contribution in [0.25, 0.3) is 10.1 Å². The van der Waals surface area contributed by atoms with Crippen molar-refractivity contribution in [1.82, 2.24) is 0 Å². The Kier molecular flexibility index (Phi) is 2.48. The van der Waals surface area contributed by atoms with E-state index in [2.05, 4.69) is 29.5 Å². The van der Waals surface area contributed by atoms with Crippen LogP contribution in [0.3, 0.4) is 0 Å². The second kappa shape index (κ2) is 3.51. The van der Waals surface area contributed by atoms with Crippen LogP contribution in [0.5, 0.6) is 0 Å². The summed E-state index contributed by atoms with van der Waals surface area (Å²) in [7, 11) is 0. The number of carbonyl (C=O) groups is 1. The summed E-state index contributed by atoms with van der Waals surface area (Å²) < 4.78 is 2.27. The number of halogens is 1. The molecule has 14 heavy (non-hydrogen) atoms. The van der Waals surface area contributed by atoms with Crippen molar-refractivity contribution in [3.63, 3.8) is 0 Å². The molecule has 0 amide bonds. The van der Waals surface area contributed by atoms with Crippen molar-refractivity contribution < 1.29 is 9.90 Å². The van der Waals surface area contributed by atoms with Gasteiger partial charge < -0.3 is 5.11 Å². The molecule has 0 aliphatic carbocycles. The molecule has 4 heteroatoms. The molecule has 1 aromatic carbocycles. The van der Waals surface area contributed by atoms with Crippen LogP contribution < -0.4 is 0 Å². The zero-order valence-electron chi connectivity index (χ0n) is 7.37. The summed E-state index contributed by atoms with van der Waals surface area (Å²) in [6.45, 7) is 2.06. The number of aryl methyl sites for hydroxylation is 1. The number of benzene rings is 1. The third-order valence-corrected chi connectivity index (χ3v) is 4.64. The maximum Gasteiger partial charge on any atom is 0.335 e. The van der Waals surface area contributed by atoms with Crippen LogP contribution in [0.4, 0.5) is 0 Å². The molecule has 0 aliphatic heterocycles. The van der Waals surface area contributed by atoms with Crippen molar-refractivity contribution in [2.24, 2.45) is 0 Å². The van der Waals surface area contributed by atoms with Gasteiger partial charge in [-0.3, -0.25) is 0 Å². The lowest BCUT2D eigenvalue weighted by atomic mass is 10.1. The Morgan fingerprint density at radius 1 is 1.50 bits per heavy atom. The van der Waals surface area contributed by atoms with E-state index in [9.17, 15) is 4.79 Å². The van der Waals surface area contributed by atoms with Crippen molar-refractivity contribution in [1.29, 1.82) is 0 Å². The van der Waals surface area contributed by atoms with Gasteiger partial charge in [0.1, 0.15) is 0 Å². The Bertz CT molecular complexity index is 516. The average Bonchev–Trinajstić information content (AvgIpc) is 2.42. The molecule has 0 bridgehead atoms. The first-order valence-electron chi connectivity index (χ1n) is 4.01. The van der Waals surface area contributed by atoms with Crippen LogP contribution in [0, 0.1) is 9.81 Å². The first-order valence-corrected chi connectivity index (χ1v) is 5.91. The zero-order chi connectivity index (χ0) is 10.3. The number of rotatable bonds is 1. The quantitative estimate of drug-likeness (QED) is 0.817. The molecule has 0 unspecified atom stereocenters. The molecule has 0 atom stereocenters. The second-order valence-corrected chi connectivity index (χ2v) is 5.88. The van der Waals surface area contributed by atoms with Crippen LogP contribution in [0.1, 0.15) is 15.9 Å². The number of thiophene rings is 1.